The third-order valence-corrected chi connectivity index (χ3v) is 3.83. The summed E-state index contributed by atoms with van der Waals surface area (Å²) >= 11 is 0. The molecular weight excluding hydrogens is 252 g/mol. The van der Waals surface area contributed by atoms with Gasteiger partial charge < -0.3 is 15.0 Å². The van der Waals surface area contributed by atoms with Gasteiger partial charge in [-0.05, 0) is 36.1 Å². The van der Waals surface area contributed by atoms with Crippen molar-refractivity contribution in [2.75, 3.05) is 33.3 Å². The van der Waals surface area contributed by atoms with E-state index >= 15 is 0 Å². The number of amides is 1. The molecule has 110 valence electrons. The number of nitrogens with one attached hydrogen (secondary N) is 1. The molecule has 0 radical (unpaired) electrons. The number of carbonyl (C=O) groups is 1. The fourth-order valence-electron chi connectivity index (χ4n) is 2.59. The van der Waals surface area contributed by atoms with E-state index in [9.17, 15) is 4.79 Å². The van der Waals surface area contributed by atoms with Crippen LogP contribution in [-0.4, -0.2) is 44.1 Å². The predicted octanol–water partition coefficient (Wildman–Crippen LogP) is 2.17. The molecule has 1 amide bonds. The first-order chi connectivity index (χ1) is 9.54. The number of hydrogen-bond acceptors (Lipinski definition) is 3. The van der Waals surface area contributed by atoms with E-state index in [1.807, 2.05) is 24.0 Å². The maximum Gasteiger partial charge on any atom is 0.254 e. The van der Waals surface area contributed by atoms with Crippen molar-refractivity contribution in [2.24, 2.45) is 0 Å². The fourth-order valence-corrected chi connectivity index (χ4v) is 2.59. The number of ether oxygens (including phenoxy) is 1. The number of aryl methyl sites for hydroxylation is 1. The van der Waals surface area contributed by atoms with Gasteiger partial charge in [0.15, 0.2) is 0 Å². The number of methoxy groups -OCH3 is 1. The van der Waals surface area contributed by atoms with Crippen molar-refractivity contribution in [1.29, 1.82) is 0 Å². The number of hydrogen-bond donors (Lipinski definition) is 1. The third-order valence-electron chi connectivity index (χ3n) is 3.83. The van der Waals surface area contributed by atoms with E-state index in [-0.39, 0.29) is 5.91 Å². The van der Waals surface area contributed by atoms with Crippen molar-refractivity contribution in [3.05, 3.63) is 28.8 Å². The van der Waals surface area contributed by atoms with Crippen LogP contribution in [0.2, 0.25) is 0 Å². The summed E-state index contributed by atoms with van der Waals surface area (Å²) in [6.45, 7) is 9.51. The third kappa shape index (κ3) is 2.96. The molecule has 4 nitrogen and oxygen atoms in total. The van der Waals surface area contributed by atoms with Gasteiger partial charge in [-0.25, -0.2) is 0 Å². The minimum atomic E-state index is 0.133. The molecule has 1 aliphatic rings. The Hall–Kier alpha value is -1.55. The monoisotopic (exact) mass is 276 g/mol. The van der Waals surface area contributed by atoms with Crippen LogP contribution in [0.15, 0.2) is 12.1 Å². The van der Waals surface area contributed by atoms with Crippen LogP contribution >= 0.6 is 0 Å². The molecule has 4 heteroatoms. The summed E-state index contributed by atoms with van der Waals surface area (Å²) in [5.41, 5.74) is 2.88. The number of carbonyl (C=O) groups excluding carboxylic acids is 1. The molecule has 0 bridgehead atoms. The van der Waals surface area contributed by atoms with Crippen LogP contribution < -0.4 is 10.1 Å². The van der Waals surface area contributed by atoms with Crippen molar-refractivity contribution in [1.82, 2.24) is 10.2 Å². The highest BCUT2D eigenvalue weighted by molar-refractivity contribution is 5.96. The molecule has 1 aliphatic heterocycles. The minimum absolute atomic E-state index is 0.133. The maximum absolute atomic E-state index is 12.7. The molecule has 1 aromatic carbocycles. The van der Waals surface area contributed by atoms with E-state index in [1.54, 1.807) is 7.11 Å². The number of benzene rings is 1. The summed E-state index contributed by atoms with van der Waals surface area (Å²) in [6.07, 6.45) is 0. The Morgan fingerprint density at radius 3 is 2.50 bits per heavy atom. The van der Waals surface area contributed by atoms with Crippen LogP contribution in [0.4, 0.5) is 0 Å². The van der Waals surface area contributed by atoms with Gasteiger partial charge in [0, 0.05) is 31.7 Å². The van der Waals surface area contributed by atoms with E-state index in [1.165, 1.54) is 0 Å². The molecule has 0 spiro atoms. The summed E-state index contributed by atoms with van der Waals surface area (Å²) in [5.74, 6) is 1.34. The Morgan fingerprint density at radius 2 is 1.95 bits per heavy atom. The molecule has 0 saturated carbocycles. The van der Waals surface area contributed by atoms with Crippen LogP contribution in [0.25, 0.3) is 0 Å². The molecule has 1 heterocycles. The van der Waals surface area contributed by atoms with Crippen molar-refractivity contribution in [3.8, 4) is 5.75 Å². The lowest BCUT2D eigenvalue weighted by Crippen LogP contribution is -2.46. The number of rotatable bonds is 3. The van der Waals surface area contributed by atoms with Crippen LogP contribution in [0.5, 0.6) is 5.75 Å². The highest BCUT2D eigenvalue weighted by atomic mass is 16.5. The number of nitrogens with zero attached hydrogens (tertiary/aromatic N) is 1. The fraction of sp³-hybridized carbons (Fsp3) is 0.562. The quantitative estimate of drug-likeness (QED) is 0.920. The zero-order valence-corrected chi connectivity index (χ0v) is 12.8. The highest BCUT2D eigenvalue weighted by Crippen LogP contribution is 2.30. The van der Waals surface area contributed by atoms with E-state index in [4.69, 9.17) is 4.74 Å². The van der Waals surface area contributed by atoms with Gasteiger partial charge in [-0.1, -0.05) is 13.8 Å². The lowest BCUT2D eigenvalue weighted by molar-refractivity contribution is 0.0735. The Balaban J connectivity index is 2.35. The molecule has 0 atom stereocenters. The summed E-state index contributed by atoms with van der Waals surface area (Å²) in [7, 11) is 1.68. The average molecular weight is 276 g/mol. The van der Waals surface area contributed by atoms with Crippen molar-refractivity contribution >= 4 is 5.91 Å². The number of piperazine rings is 1. The molecule has 2 rings (SSSR count). The molecular formula is C16H24N2O2. The van der Waals surface area contributed by atoms with Gasteiger partial charge in [0.1, 0.15) is 5.75 Å². The SMILES string of the molecule is COc1cc(C)c(C(=O)N2CCNCC2)cc1C(C)C. The zero-order chi connectivity index (χ0) is 14.7. The summed E-state index contributed by atoms with van der Waals surface area (Å²) < 4.78 is 5.43. The lowest BCUT2D eigenvalue weighted by Gasteiger charge is -2.28. The zero-order valence-electron chi connectivity index (χ0n) is 12.8. The summed E-state index contributed by atoms with van der Waals surface area (Å²) in [5, 5.41) is 3.27. The van der Waals surface area contributed by atoms with Crippen molar-refractivity contribution < 1.29 is 9.53 Å². The first kappa shape index (κ1) is 14.9. The summed E-state index contributed by atoms with van der Waals surface area (Å²) in [4.78, 5) is 14.6. The van der Waals surface area contributed by atoms with Gasteiger partial charge >= 0.3 is 0 Å². The second kappa shape index (κ2) is 6.27. The van der Waals surface area contributed by atoms with Crippen LogP contribution in [0, 0.1) is 6.92 Å². The predicted molar refractivity (Wildman–Crippen MR) is 80.6 cm³/mol. The van der Waals surface area contributed by atoms with E-state index in [0.717, 1.165) is 48.6 Å². The second-order valence-electron chi connectivity index (χ2n) is 5.61. The van der Waals surface area contributed by atoms with Crippen molar-refractivity contribution in [3.63, 3.8) is 0 Å². The van der Waals surface area contributed by atoms with E-state index < -0.39 is 0 Å². The molecule has 1 fully saturated rings. The Bertz CT molecular complexity index is 491. The van der Waals surface area contributed by atoms with Gasteiger partial charge in [0.05, 0.1) is 7.11 Å². The maximum atomic E-state index is 12.7. The highest BCUT2D eigenvalue weighted by Gasteiger charge is 2.21. The van der Waals surface area contributed by atoms with Crippen molar-refractivity contribution in [2.45, 2.75) is 26.7 Å². The van der Waals surface area contributed by atoms with E-state index in [2.05, 4.69) is 19.2 Å². The average Bonchev–Trinajstić information content (AvgIpc) is 2.46. The molecule has 0 aliphatic carbocycles. The Morgan fingerprint density at radius 1 is 1.30 bits per heavy atom. The first-order valence-electron chi connectivity index (χ1n) is 7.23. The second-order valence-corrected chi connectivity index (χ2v) is 5.61. The minimum Gasteiger partial charge on any atom is -0.496 e. The molecule has 1 saturated heterocycles. The lowest BCUT2D eigenvalue weighted by atomic mass is 9.95. The van der Waals surface area contributed by atoms with Crippen LogP contribution in [0.3, 0.4) is 0 Å². The van der Waals surface area contributed by atoms with E-state index in [0.29, 0.717) is 5.92 Å². The van der Waals surface area contributed by atoms with Gasteiger partial charge in [0.2, 0.25) is 0 Å². The molecule has 20 heavy (non-hydrogen) atoms. The normalized spacial score (nSPS) is 15.6. The standard InChI is InChI=1S/C16H24N2O2/c1-11(2)13-10-14(12(3)9-15(13)20-4)16(19)18-7-5-17-6-8-18/h9-11,17H,5-8H2,1-4H3. The van der Waals surface area contributed by atoms with Crippen LogP contribution in [0.1, 0.15) is 41.3 Å². The van der Waals surface area contributed by atoms with Crippen LogP contribution in [-0.2, 0) is 0 Å². The largest absolute Gasteiger partial charge is 0.496 e. The Labute approximate surface area is 121 Å². The van der Waals surface area contributed by atoms with Gasteiger partial charge in [-0.15, -0.1) is 0 Å². The van der Waals surface area contributed by atoms with Gasteiger partial charge in [-0.3, -0.25) is 4.79 Å². The first-order valence-corrected chi connectivity index (χ1v) is 7.23. The molecule has 1 N–H and O–H groups in total. The smallest absolute Gasteiger partial charge is 0.254 e. The molecule has 1 aromatic rings. The van der Waals surface area contributed by atoms with Gasteiger partial charge in [0.25, 0.3) is 5.91 Å². The summed E-state index contributed by atoms with van der Waals surface area (Å²) in [6, 6.07) is 3.98. The topological polar surface area (TPSA) is 41.6 Å². The molecule has 0 aromatic heterocycles. The Kier molecular flexibility index (Phi) is 4.65. The molecule has 0 unspecified atom stereocenters. The van der Waals surface area contributed by atoms with Gasteiger partial charge in [-0.2, -0.15) is 0 Å².